The van der Waals surface area contributed by atoms with Gasteiger partial charge in [-0.3, -0.25) is 14.5 Å². The second-order valence-corrected chi connectivity index (χ2v) is 12.8. The third-order valence-electron chi connectivity index (χ3n) is 6.36. The molecule has 3 rings (SSSR count). The Kier molecular flexibility index (Phi) is 11.3. The van der Waals surface area contributed by atoms with E-state index in [1.54, 1.807) is 39.6 Å². The molecule has 10 heteroatoms. The van der Waals surface area contributed by atoms with Crippen molar-refractivity contribution >= 4 is 41.4 Å². The fraction of sp³-hybridized carbons (Fsp3) is 0.667. The average Bonchev–Trinajstić information content (AvgIpc) is 3.37. The Hall–Kier alpha value is -2.07. The Bertz CT molecular complexity index is 900. The summed E-state index contributed by atoms with van der Waals surface area (Å²) >= 11 is 3.11. The normalized spacial score (nSPS) is 19.2. The van der Waals surface area contributed by atoms with Crippen molar-refractivity contribution in [1.82, 2.24) is 15.5 Å². The number of benzene rings is 1. The topological polar surface area (TPSA) is 97.0 Å². The van der Waals surface area contributed by atoms with Crippen LogP contribution in [0.1, 0.15) is 58.4 Å². The molecule has 0 spiro atoms. The SMILES string of the molecule is COc1ccc(CNC(=O)C(CSCC2CCCCC2)NC(=O)C2SCCN2C(=O)OC(C)(C)C)cc1. The van der Waals surface area contributed by atoms with Crippen molar-refractivity contribution in [2.24, 2.45) is 5.92 Å². The molecule has 1 aromatic rings. The maximum absolute atomic E-state index is 13.3. The lowest BCUT2D eigenvalue weighted by Gasteiger charge is -2.28. The number of amides is 3. The minimum Gasteiger partial charge on any atom is -0.497 e. The highest BCUT2D eigenvalue weighted by molar-refractivity contribution is 8.00. The van der Waals surface area contributed by atoms with E-state index in [2.05, 4.69) is 10.6 Å². The van der Waals surface area contributed by atoms with E-state index >= 15 is 0 Å². The fourth-order valence-electron chi connectivity index (χ4n) is 4.38. The summed E-state index contributed by atoms with van der Waals surface area (Å²) in [4.78, 5) is 40.6. The quantitative estimate of drug-likeness (QED) is 0.444. The lowest BCUT2D eigenvalue weighted by atomic mass is 9.91. The molecular formula is C27H41N3O5S2. The summed E-state index contributed by atoms with van der Waals surface area (Å²) in [5.74, 6) is 2.97. The van der Waals surface area contributed by atoms with Crippen LogP contribution in [0.3, 0.4) is 0 Å². The Morgan fingerprint density at radius 1 is 1.14 bits per heavy atom. The van der Waals surface area contributed by atoms with Gasteiger partial charge in [-0.2, -0.15) is 11.8 Å². The number of nitrogens with zero attached hydrogens (tertiary/aromatic N) is 1. The Morgan fingerprint density at radius 3 is 2.49 bits per heavy atom. The monoisotopic (exact) mass is 551 g/mol. The molecule has 1 aromatic carbocycles. The van der Waals surface area contributed by atoms with Crippen molar-refractivity contribution in [3.05, 3.63) is 29.8 Å². The van der Waals surface area contributed by atoms with Gasteiger partial charge in [-0.15, -0.1) is 11.8 Å². The molecular weight excluding hydrogens is 510 g/mol. The van der Waals surface area contributed by atoms with Gasteiger partial charge in [0, 0.05) is 24.6 Å². The lowest BCUT2D eigenvalue weighted by Crippen LogP contribution is -2.53. The molecule has 0 radical (unpaired) electrons. The summed E-state index contributed by atoms with van der Waals surface area (Å²) in [6.07, 6.45) is 5.81. The third kappa shape index (κ3) is 9.63. The first-order valence-electron chi connectivity index (χ1n) is 13.1. The van der Waals surface area contributed by atoms with E-state index < -0.39 is 23.1 Å². The Labute approximate surface area is 229 Å². The predicted molar refractivity (Wildman–Crippen MR) is 150 cm³/mol. The number of nitrogens with one attached hydrogen (secondary N) is 2. The number of carbonyl (C=O) groups is 3. The van der Waals surface area contributed by atoms with Crippen LogP contribution in [0.15, 0.2) is 24.3 Å². The highest BCUT2D eigenvalue weighted by Crippen LogP contribution is 2.28. The first-order valence-corrected chi connectivity index (χ1v) is 15.3. The molecule has 1 aliphatic carbocycles. The first-order chi connectivity index (χ1) is 17.7. The molecule has 3 amide bonds. The van der Waals surface area contributed by atoms with Crippen molar-refractivity contribution < 1.29 is 23.9 Å². The molecule has 37 heavy (non-hydrogen) atoms. The second kappa shape index (κ2) is 14.2. The van der Waals surface area contributed by atoms with E-state index in [1.165, 1.54) is 48.8 Å². The Morgan fingerprint density at radius 2 is 1.84 bits per heavy atom. The number of thioether (sulfide) groups is 2. The molecule has 2 atom stereocenters. The molecule has 1 heterocycles. The van der Waals surface area contributed by atoms with Crippen molar-refractivity contribution in [3.8, 4) is 5.75 Å². The predicted octanol–water partition coefficient (Wildman–Crippen LogP) is 4.42. The smallest absolute Gasteiger partial charge is 0.411 e. The second-order valence-electron chi connectivity index (χ2n) is 10.6. The van der Waals surface area contributed by atoms with E-state index in [4.69, 9.17) is 9.47 Å². The first kappa shape index (κ1) is 29.5. The van der Waals surface area contributed by atoms with Gasteiger partial charge in [-0.1, -0.05) is 31.4 Å². The van der Waals surface area contributed by atoms with Crippen LogP contribution >= 0.6 is 23.5 Å². The van der Waals surface area contributed by atoms with Gasteiger partial charge in [-0.25, -0.2) is 4.79 Å². The molecule has 206 valence electrons. The van der Waals surface area contributed by atoms with Gasteiger partial charge in [0.15, 0.2) is 5.37 Å². The van der Waals surface area contributed by atoms with Crippen molar-refractivity contribution in [1.29, 1.82) is 0 Å². The van der Waals surface area contributed by atoms with Crippen LogP contribution in [-0.2, 0) is 20.9 Å². The summed E-state index contributed by atoms with van der Waals surface area (Å²) < 4.78 is 10.7. The van der Waals surface area contributed by atoms with Gasteiger partial charge in [-0.05, 0) is 63.0 Å². The Balaban J connectivity index is 1.61. The molecule has 1 aliphatic heterocycles. The summed E-state index contributed by atoms with van der Waals surface area (Å²) in [6, 6.07) is 6.81. The molecule has 2 unspecified atom stereocenters. The zero-order valence-electron chi connectivity index (χ0n) is 22.4. The van der Waals surface area contributed by atoms with Crippen molar-refractivity contribution in [2.45, 2.75) is 76.4 Å². The highest BCUT2D eigenvalue weighted by Gasteiger charge is 2.38. The molecule has 8 nitrogen and oxygen atoms in total. The van der Waals surface area contributed by atoms with Crippen molar-refractivity contribution in [2.75, 3.05) is 30.9 Å². The number of methoxy groups -OCH3 is 1. The molecule has 0 aromatic heterocycles. The van der Waals surface area contributed by atoms with E-state index in [-0.39, 0.29) is 11.8 Å². The van der Waals surface area contributed by atoms with Gasteiger partial charge in [0.2, 0.25) is 5.91 Å². The number of hydrogen-bond donors (Lipinski definition) is 2. The highest BCUT2D eigenvalue weighted by atomic mass is 32.2. The van der Waals surface area contributed by atoms with E-state index in [9.17, 15) is 14.4 Å². The number of hydrogen-bond acceptors (Lipinski definition) is 7. The van der Waals surface area contributed by atoms with Crippen LogP contribution in [0.5, 0.6) is 5.75 Å². The van der Waals surface area contributed by atoms with Gasteiger partial charge in [0.05, 0.1) is 7.11 Å². The minimum atomic E-state index is -0.713. The van der Waals surface area contributed by atoms with Crippen molar-refractivity contribution in [3.63, 3.8) is 0 Å². The van der Waals surface area contributed by atoms with Gasteiger partial charge >= 0.3 is 6.09 Å². The standard InChI is InChI=1S/C27H41N3O5S2/c1-27(2,3)35-26(33)30-14-15-37-25(30)24(32)29-22(18-36-17-20-8-6-5-7-9-20)23(31)28-16-19-10-12-21(34-4)13-11-19/h10-13,20,22,25H,5-9,14-18H2,1-4H3,(H,28,31)(H,29,32). The maximum Gasteiger partial charge on any atom is 0.411 e. The average molecular weight is 552 g/mol. The van der Waals surface area contributed by atoms with Crippen LogP contribution in [0.2, 0.25) is 0 Å². The summed E-state index contributed by atoms with van der Waals surface area (Å²) in [5.41, 5.74) is 0.293. The molecule has 1 saturated heterocycles. The fourth-order valence-corrected chi connectivity index (χ4v) is 6.77. The van der Waals surface area contributed by atoms with Gasteiger partial charge < -0.3 is 20.1 Å². The van der Waals surface area contributed by atoms with E-state index in [1.807, 2.05) is 24.3 Å². The van der Waals surface area contributed by atoms with Crippen LogP contribution in [0, 0.1) is 5.92 Å². The summed E-state index contributed by atoms with van der Waals surface area (Å²) in [5, 5.41) is 5.19. The lowest BCUT2D eigenvalue weighted by molar-refractivity contribution is -0.129. The molecule has 2 fully saturated rings. The zero-order valence-corrected chi connectivity index (χ0v) is 24.1. The zero-order chi connectivity index (χ0) is 26.8. The maximum atomic E-state index is 13.3. The van der Waals surface area contributed by atoms with Crippen LogP contribution in [0.25, 0.3) is 0 Å². The van der Waals surface area contributed by atoms with Gasteiger partial charge in [0.1, 0.15) is 17.4 Å². The minimum absolute atomic E-state index is 0.230. The molecule has 0 bridgehead atoms. The number of rotatable bonds is 10. The van der Waals surface area contributed by atoms with Gasteiger partial charge in [0.25, 0.3) is 5.91 Å². The number of carbonyl (C=O) groups excluding carboxylic acids is 3. The van der Waals surface area contributed by atoms with Crippen LogP contribution < -0.4 is 15.4 Å². The molecule has 2 aliphatic rings. The van der Waals surface area contributed by atoms with E-state index in [0.29, 0.717) is 30.5 Å². The molecule has 2 N–H and O–H groups in total. The van der Waals surface area contributed by atoms with Crippen LogP contribution in [0.4, 0.5) is 4.79 Å². The summed E-state index contributed by atoms with van der Waals surface area (Å²) in [6.45, 7) is 6.19. The third-order valence-corrected chi connectivity index (χ3v) is 8.84. The van der Waals surface area contributed by atoms with E-state index in [0.717, 1.165) is 17.1 Å². The number of ether oxygens (including phenoxy) is 2. The summed E-state index contributed by atoms with van der Waals surface area (Å²) in [7, 11) is 1.61. The van der Waals surface area contributed by atoms with Crippen LogP contribution in [-0.4, -0.2) is 70.7 Å². The molecule has 1 saturated carbocycles. The largest absolute Gasteiger partial charge is 0.497 e.